The summed E-state index contributed by atoms with van der Waals surface area (Å²) in [5.41, 5.74) is -0.411. The number of hydrogen-bond acceptors (Lipinski definition) is 2. The maximum atomic E-state index is 12.3. The molecule has 0 aliphatic heterocycles. The number of hydrogen-bond donors (Lipinski definition) is 0. The summed E-state index contributed by atoms with van der Waals surface area (Å²) in [7, 11) is 0. The zero-order valence-electron chi connectivity index (χ0n) is 7.95. The van der Waals surface area contributed by atoms with Crippen LogP contribution in [0.2, 0.25) is 0 Å². The SMILES string of the molecule is O=C(c1cncc2ccccc12)C(F)(F)F. The molecular weight excluding hydrogens is 219 g/mol. The minimum absolute atomic E-state index is 0.264. The van der Waals surface area contributed by atoms with Gasteiger partial charge in [-0.3, -0.25) is 9.78 Å². The van der Waals surface area contributed by atoms with E-state index in [1.807, 2.05) is 0 Å². The molecule has 0 aliphatic rings. The molecule has 0 radical (unpaired) electrons. The molecule has 2 rings (SSSR count). The van der Waals surface area contributed by atoms with Gasteiger partial charge in [0.15, 0.2) is 0 Å². The fourth-order valence-corrected chi connectivity index (χ4v) is 1.45. The number of rotatable bonds is 1. The fourth-order valence-electron chi connectivity index (χ4n) is 1.45. The zero-order valence-corrected chi connectivity index (χ0v) is 7.95. The van der Waals surface area contributed by atoms with E-state index in [1.165, 1.54) is 12.3 Å². The van der Waals surface area contributed by atoms with E-state index >= 15 is 0 Å². The third kappa shape index (κ3) is 1.76. The summed E-state index contributed by atoms with van der Waals surface area (Å²) in [4.78, 5) is 14.7. The van der Waals surface area contributed by atoms with Crippen molar-refractivity contribution in [1.29, 1.82) is 0 Å². The standard InChI is InChI=1S/C11H6F3NO/c12-11(13,14)10(16)9-6-15-5-7-3-1-2-4-8(7)9/h1-6H. The molecule has 0 unspecified atom stereocenters. The van der Waals surface area contributed by atoms with E-state index < -0.39 is 17.5 Å². The Bertz CT molecular complexity index is 543. The van der Waals surface area contributed by atoms with Gasteiger partial charge in [0.25, 0.3) is 5.78 Å². The average Bonchev–Trinajstić information content (AvgIpc) is 2.26. The number of carbonyl (C=O) groups excluding carboxylic acids is 1. The minimum atomic E-state index is -4.87. The first-order chi connectivity index (χ1) is 7.50. The molecule has 1 aromatic carbocycles. The molecule has 0 amide bonds. The first kappa shape index (κ1) is 10.6. The number of halogens is 3. The fraction of sp³-hybridized carbons (Fsp3) is 0.0909. The van der Waals surface area contributed by atoms with Crippen LogP contribution in [0.3, 0.4) is 0 Å². The van der Waals surface area contributed by atoms with Gasteiger partial charge in [0.05, 0.1) is 5.56 Å². The highest BCUT2D eigenvalue weighted by Gasteiger charge is 2.40. The minimum Gasteiger partial charge on any atom is -0.284 e. The van der Waals surface area contributed by atoms with Gasteiger partial charge in [0.1, 0.15) is 0 Å². The summed E-state index contributed by atoms with van der Waals surface area (Å²) in [5.74, 6) is -1.86. The molecule has 5 heteroatoms. The molecule has 0 bridgehead atoms. The summed E-state index contributed by atoms with van der Waals surface area (Å²) in [5, 5.41) is 0.775. The molecule has 0 aliphatic carbocycles. The summed E-state index contributed by atoms with van der Waals surface area (Å²) in [6.07, 6.45) is -2.51. The lowest BCUT2D eigenvalue weighted by molar-refractivity contribution is -0.0884. The van der Waals surface area contributed by atoms with Crippen LogP contribution in [-0.2, 0) is 0 Å². The van der Waals surface area contributed by atoms with Crippen LogP contribution in [-0.4, -0.2) is 16.9 Å². The van der Waals surface area contributed by atoms with Crippen molar-refractivity contribution in [3.63, 3.8) is 0 Å². The van der Waals surface area contributed by atoms with E-state index in [9.17, 15) is 18.0 Å². The predicted octanol–water partition coefficient (Wildman–Crippen LogP) is 2.98. The molecule has 2 aromatic rings. The van der Waals surface area contributed by atoms with Gasteiger partial charge < -0.3 is 0 Å². The van der Waals surface area contributed by atoms with Gasteiger partial charge in [-0.05, 0) is 5.39 Å². The van der Waals surface area contributed by atoms with E-state index in [-0.39, 0.29) is 5.39 Å². The van der Waals surface area contributed by atoms with Crippen molar-refractivity contribution in [2.75, 3.05) is 0 Å². The Morgan fingerprint density at radius 1 is 1.12 bits per heavy atom. The van der Waals surface area contributed by atoms with Crippen LogP contribution in [0.1, 0.15) is 10.4 Å². The van der Waals surface area contributed by atoms with Crippen molar-refractivity contribution in [1.82, 2.24) is 4.98 Å². The highest BCUT2D eigenvalue weighted by molar-refractivity contribution is 6.10. The molecule has 0 saturated carbocycles. The molecule has 16 heavy (non-hydrogen) atoms. The summed E-state index contributed by atoms with van der Waals surface area (Å²) in [6, 6.07) is 6.33. The second-order valence-corrected chi connectivity index (χ2v) is 3.24. The van der Waals surface area contributed by atoms with Crippen LogP contribution in [0, 0.1) is 0 Å². The lowest BCUT2D eigenvalue weighted by atomic mass is 10.0. The molecule has 0 saturated heterocycles. The van der Waals surface area contributed by atoms with Gasteiger partial charge in [-0.25, -0.2) is 0 Å². The second kappa shape index (κ2) is 3.59. The number of alkyl halides is 3. The van der Waals surface area contributed by atoms with Crippen molar-refractivity contribution in [3.05, 3.63) is 42.2 Å². The molecule has 0 spiro atoms. The summed E-state index contributed by atoms with van der Waals surface area (Å²) < 4.78 is 36.9. The Balaban J connectivity index is 2.66. The van der Waals surface area contributed by atoms with Gasteiger partial charge in [-0.2, -0.15) is 13.2 Å². The van der Waals surface area contributed by atoms with Crippen LogP contribution < -0.4 is 0 Å². The van der Waals surface area contributed by atoms with Crippen LogP contribution in [0.15, 0.2) is 36.7 Å². The number of fused-ring (bicyclic) bond motifs is 1. The molecule has 2 nitrogen and oxygen atoms in total. The quantitative estimate of drug-likeness (QED) is 0.698. The molecule has 0 N–H and O–H groups in total. The Hall–Kier alpha value is -1.91. The number of aromatic nitrogens is 1. The normalized spacial score (nSPS) is 11.7. The monoisotopic (exact) mass is 225 g/mol. The van der Waals surface area contributed by atoms with Crippen molar-refractivity contribution in [2.24, 2.45) is 0 Å². The average molecular weight is 225 g/mol. The Morgan fingerprint density at radius 2 is 1.81 bits per heavy atom. The van der Waals surface area contributed by atoms with E-state index in [2.05, 4.69) is 4.98 Å². The largest absolute Gasteiger partial charge is 0.454 e. The second-order valence-electron chi connectivity index (χ2n) is 3.24. The van der Waals surface area contributed by atoms with E-state index in [4.69, 9.17) is 0 Å². The Kier molecular flexibility index (Phi) is 2.38. The van der Waals surface area contributed by atoms with Crippen molar-refractivity contribution in [2.45, 2.75) is 6.18 Å². The van der Waals surface area contributed by atoms with E-state index in [0.29, 0.717) is 5.39 Å². The summed E-state index contributed by atoms with van der Waals surface area (Å²) in [6.45, 7) is 0. The first-order valence-electron chi connectivity index (χ1n) is 4.44. The number of carbonyl (C=O) groups is 1. The number of nitrogens with zero attached hydrogens (tertiary/aromatic N) is 1. The maximum absolute atomic E-state index is 12.3. The highest BCUT2D eigenvalue weighted by atomic mass is 19.4. The predicted molar refractivity (Wildman–Crippen MR) is 52.1 cm³/mol. The number of Topliss-reactive ketones (excluding diaryl/α,β-unsaturated/α-hetero) is 1. The molecular formula is C11H6F3NO. The number of benzene rings is 1. The van der Waals surface area contributed by atoms with E-state index in [1.54, 1.807) is 18.2 Å². The van der Waals surface area contributed by atoms with Gasteiger partial charge in [0.2, 0.25) is 0 Å². The maximum Gasteiger partial charge on any atom is 0.454 e. The Morgan fingerprint density at radius 3 is 2.50 bits per heavy atom. The lowest BCUT2D eigenvalue weighted by Crippen LogP contribution is -2.23. The first-order valence-corrected chi connectivity index (χ1v) is 4.44. The third-order valence-electron chi connectivity index (χ3n) is 2.17. The van der Waals surface area contributed by atoms with Crippen molar-refractivity contribution < 1.29 is 18.0 Å². The molecule has 0 atom stereocenters. The summed E-state index contributed by atoms with van der Waals surface area (Å²) >= 11 is 0. The van der Waals surface area contributed by atoms with Crippen molar-refractivity contribution >= 4 is 16.6 Å². The van der Waals surface area contributed by atoms with Gasteiger partial charge in [0, 0.05) is 17.8 Å². The molecule has 1 aromatic heterocycles. The highest BCUT2D eigenvalue weighted by Crippen LogP contribution is 2.25. The number of ketones is 1. The van der Waals surface area contributed by atoms with Gasteiger partial charge in [-0.1, -0.05) is 24.3 Å². The van der Waals surface area contributed by atoms with Gasteiger partial charge >= 0.3 is 6.18 Å². The van der Waals surface area contributed by atoms with E-state index in [0.717, 1.165) is 6.20 Å². The molecule has 0 fully saturated rings. The topological polar surface area (TPSA) is 30.0 Å². The Labute approximate surface area is 88.7 Å². The van der Waals surface area contributed by atoms with Crippen LogP contribution in [0.25, 0.3) is 10.8 Å². The molecule has 82 valence electrons. The van der Waals surface area contributed by atoms with Crippen LogP contribution >= 0.6 is 0 Å². The zero-order chi connectivity index (χ0) is 11.8. The third-order valence-corrected chi connectivity index (χ3v) is 2.17. The van der Waals surface area contributed by atoms with Crippen molar-refractivity contribution in [3.8, 4) is 0 Å². The smallest absolute Gasteiger partial charge is 0.284 e. The van der Waals surface area contributed by atoms with Crippen LogP contribution in [0.4, 0.5) is 13.2 Å². The van der Waals surface area contributed by atoms with Gasteiger partial charge in [-0.15, -0.1) is 0 Å². The lowest BCUT2D eigenvalue weighted by Gasteiger charge is -2.07. The molecule has 1 heterocycles. The van der Waals surface area contributed by atoms with Crippen LogP contribution in [0.5, 0.6) is 0 Å². The number of pyridine rings is 1.